The fraction of sp³-hybridized carbons (Fsp3) is 0.185. The zero-order chi connectivity index (χ0) is 37.5. The highest BCUT2D eigenvalue weighted by molar-refractivity contribution is 8.00. The van der Waals surface area contributed by atoms with Crippen molar-refractivity contribution in [2.24, 2.45) is 0 Å². The molecule has 0 spiro atoms. The van der Waals surface area contributed by atoms with Gasteiger partial charge in [-0.15, -0.1) is 0 Å². The molecular formula is C27H22Cl4N6O10S4. The zero-order valence-electron chi connectivity index (χ0n) is 25.9. The molecule has 2 aromatic heterocycles. The van der Waals surface area contributed by atoms with Gasteiger partial charge in [-0.3, -0.25) is 14.2 Å². The average Bonchev–Trinajstić information content (AvgIpc) is 3.09. The Morgan fingerprint density at radius 3 is 1.71 bits per heavy atom. The summed E-state index contributed by atoms with van der Waals surface area (Å²) in [4.78, 5) is 41.0. The first-order valence-corrected chi connectivity index (χ1v) is 19.8. The number of anilines is 2. The van der Waals surface area contributed by atoms with Gasteiger partial charge in [0.2, 0.25) is 17.1 Å². The van der Waals surface area contributed by atoms with Crippen LogP contribution >= 0.6 is 69.9 Å². The third-order valence-electron chi connectivity index (χ3n) is 5.89. The van der Waals surface area contributed by atoms with E-state index in [1.807, 2.05) is 0 Å². The summed E-state index contributed by atoms with van der Waals surface area (Å²) in [7, 11) is -5.04. The maximum Gasteiger partial charge on any atom is 0.358 e. The van der Waals surface area contributed by atoms with E-state index in [9.17, 15) is 26.4 Å². The summed E-state index contributed by atoms with van der Waals surface area (Å²) in [5.41, 5.74) is -1.58. The standard InChI is InChI=1S/C27H22Cl4N6O10S4/c1-44-24-22(36-50(40,41)15-8-4-6-13(28)20(15)30)32-10-17(34-24)48-12-19(38)47-27(26(39)46-3)49-18-11-33-23(25(35-18)45-2)37-51(42,43)16-9-5-7-14(29)21(16)31/h4-11,27H,12H2,1-3H3,(H,32,36)(H,33,37). The Hall–Kier alpha value is -3.50. The van der Waals surface area contributed by atoms with Crippen LogP contribution in [-0.2, 0) is 39.1 Å². The monoisotopic (exact) mass is 858 g/mol. The molecule has 0 aliphatic rings. The van der Waals surface area contributed by atoms with Gasteiger partial charge in [-0.05, 0) is 36.0 Å². The second kappa shape index (κ2) is 17.3. The highest BCUT2D eigenvalue weighted by Crippen LogP contribution is 2.34. The van der Waals surface area contributed by atoms with Gasteiger partial charge in [-0.25, -0.2) is 41.6 Å². The van der Waals surface area contributed by atoms with Crippen molar-refractivity contribution >= 4 is 114 Å². The van der Waals surface area contributed by atoms with Crippen LogP contribution in [0.3, 0.4) is 0 Å². The van der Waals surface area contributed by atoms with Gasteiger partial charge in [0.15, 0.2) is 0 Å². The number of hydrogen-bond acceptors (Lipinski definition) is 16. The number of benzene rings is 2. The lowest BCUT2D eigenvalue weighted by molar-refractivity contribution is -0.157. The number of thioether (sulfide) groups is 2. The van der Waals surface area contributed by atoms with Crippen molar-refractivity contribution in [2.45, 2.75) is 25.3 Å². The van der Waals surface area contributed by atoms with E-state index < -0.39 is 43.2 Å². The van der Waals surface area contributed by atoms with E-state index in [1.165, 1.54) is 56.8 Å². The Bertz CT molecular complexity index is 2190. The Labute approximate surface area is 319 Å². The van der Waals surface area contributed by atoms with E-state index in [-0.39, 0.29) is 63.3 Å². The van der Waals surface area contributed by atoms with Crippen molar-refractivity contribution in [3.63, 3.8) is 0 Å². The van der Waals surface area contributed by atoms with Crippen LogP contribution in [0.25, 0.3) is 0 Å². The number of carbonyl (C=O) groups excluding carboxylic acids is 2. The number of rotatable bonds is 15. The number of ether oxygens (including phenoxy) is 4. The van der Waals surface area contributed by atoms with Crippen molar-refractivity contribution in [3.05, 3.63) is 68.9 Å². The first kappa shape index (κ1) is 40.3. The topological polar surface area (TPSA) is 215 Å². The molecule has 0 amide bonds. The van der Waals surface area contributed by atoms with Gasteiger partial charge in [-0.2, -0.15) is 0 Å². The lowest BCUT2D eigenvalue weighted by Crippen LogP contribution is -2.26. The molecule has 0 saturated carbocycles. The maximum atomic E-state index is 12.9. The highest BCUT2D eigenvalue weighted by atomic mass is 35.5. The van der Waals surface area contributed by atoms with Crippen LogP contribution < -0.4 is 18.9 Å². The predicted molar refractivity (Wildman–Crippen MR) is 190 cm³/mol. The normalized spacial score (nSPS) is 12.1. The second-order valence-electron chi connectivity index (χ2n) is 9.20. The average molecular weight is 861 g/mol. The molecule has 0 aliphatic heterocycles. The number of carbonyl (C=O) groups is 2. The molecule has 16 nitrogen and oxygen atoms in total. The van der Waals surface area contributed by atoms with Gasteiger partial charge in [0.25, 0.3) is 31.8 Å². The van der Waals surface area contributed by atoms with Crippen LogP contribution in [0, 0.1) is 0 Å². The molecule has 1 atom stereocenters. The lowest BCUT2D eigenvalue weighted by Gasteiger charge is -2.16. The van der Waals surface area contributed by atoms with Gasteiger partial charge < -0.3 is 18.9 Å². The third kappa shape index (κ3) is 10.1. The van der Waals surface area contributed by atoms with Crippen molar-refractivity contribution in [1.29, 1.82) is 0 Å². The van der Waals surface area contributed by atoms with E-state index in [0.717, 1.165) is 25.1 Å². The van der Waals surface area contributed by atoms with Crippen LogP contribution in [-0.4, -0.2) is 81.2 Å². The number of methoxy groups -OCH3 is 3. The second-order valence-corrected chi connectivity index (χ2v) is 16.1. The smallest absolute Gasteiger partial charge is 0.358 e. The van der Waals surface area contributed by atoms with Crippen LogP contribution in [0.15, 0.2) is 68.6 Å². The quantitative estimate of drug-likeness (QED) is 0.0866. The first-order valence-electron chi connectivity index (χ1n) is 13.4. The summed E-state index contributed by atoms with van der Waals surface area (Å²) in [6, 6.07) is 8.11. The summed E-state index contributed by atoms with van der Waals surface area (Å²) < 4.78 is 76.5. The van der Waals surface area contributed by atoms with Gasteiger partial charge >= 0.3 is 11.9 Å². The number of nitrogens with zero attached hydrogens (tertiary/aromatic N) is 4. The molecule has 2 N–H and O–H groups in total. The minimum absolute atomic E-state index is 0.0126. The van der Waals surface area contributed by atoms with Crippen LogP contribution in [0.4, 0.5) is 11.6 Å². The molecule has 1 unspecified atom stereocenters. The number of esters is 2. The van der Waals surface area contributed by atoms with Gasteiger partial charge in [0, 0.05) is 0 Å². The lowest BCUT2D eigenvalue weighted by atomic mass is 10.4. The molecule has 2 heterocycles. The zero-order valence-corrected chi connectivity index (χ0v) is 32.2. The molecule has 0 saturated heterocycles. The summed E-state index contributed by atoms with van der Waals surface area (Å²) in [6.45, 7) is 0. The van der Waals surface area contributed by atoms with Gasteiger partial charge in [0.05, 0.1) is 59.6 Å². The Kier molecular flexibility index (Phi) is 13.7. The molecule has 0 aliphatic carbocycles. The van der Waals surface area contributed by atoms with E-state index in [1.54, 1.807) is 0 Å². The molecule has 0 radical (unpaired) electrons. The molecule has 2 aromatic carbocycles. The van der Waals surface area contributed by atoms with Crippen LogP contribution in [0.1, 0.15) is 0 Å². The minimum Gasteiger partial charge on any atom is -0.478 e. The molecule has 4 aromatic rings. The Morgan fingerprint density at radius 1 is 0.765 bits per heavy atom. The number of aromatic nitrogens is 4. The van der Waals surface area contributed by atoms with Crippen LogP contribution in [0.5, 0.6) is 11.8 Å². The number of halogens is 4. The maximum absolute atomic E-state index is 12.9. The van der Waals surface area contributed by atoms with Crippen molar-refractivity contribution in [2.75, 3.05) is 36.5 Å². The number of sulfonamides is 2. The molecule has 24 heteroatoms. The fourth-order valence-electron chi connectivity index (χ4n) is 3.62. The Morgan fingerprint density at radius 2 is 1.24 bits per heavy atom. The number of nitrogens with one attached hydrogen (secondary N) is 2. The summed E-state index contributed by atoms with van der Waals surface area (Å²) >= 11 is 25.4. The molecule has 51 heavy (non-hydrogen) atoms. The van der Waals surface area contributed by atoms with Crippen molar-refractivity contribution in [3.8, 4) is 11.8 Å². The highest BCUT2D eigenvalue weighted by Gasteiger charge is 2.29. The van der Waals surface area contributed by atoms with Gasteiger partial charge in [-0.1, -0.05) is 70.3 Å². The molecule has 0 fully saturated rings. The van der Waals surface area contributed by atoms with E-state index >= 15 is 0 Å². The Balaban J connectivity index is 1.43. The SMILES string of the molecule is COC(=O)C(OC(=O)CSc1cnc(NS(=O)(=O)c2cccc(Cl)c2Cl)c(OC)n1)Sc1cnc(NS(=O)(=O)c2cccc(Cl)c2Cl)c(OC)n1. The largest absolute Gasteiger partial charge is 0.478 e. The molecular weight excluding hydrogens is 838 g/mol. The predicted octanol–water partition coefficient (Wildman–Crippen LogP) is 5.43. The molecule has 4 rings (SSSR count). The van der Waals surface area contributed by atoms with E-state index in [2.05, 4.69) is 29.4 Å². The number of hydrogen-bond donors (Lipinski definition) is 2. The molecule has 272 valence electrons. The minimum atomic E-state index is -4.29. The van der Waals surface area contributed by atoms with Gasteiger partial charge in [0.1, 0.15) is 19.8 Å². The van der Waals surface area contributed by atoms with E-state index in [4.69, 9.17) is 65.4 Å². The van der Waals surface area contributed by atoms with Crippen molar-refractivity contribution in [1.82, 2.24) is 19.9 Å². The first-order chi connectivity index (χ1) is 24.1. The summed E-state index contributed by atoms with van der Waals surface area (Å²) in [5.74, 6) is -3.36. The summed E-state index contributed by atoms with van der Waals surface area (Å²) in [5, 5.41) is -0.256. The van der Waals surface area contributed by atoms with E-state index in [0.29, 0.717) is 11.8 Å². The van der Waals surface area contributed by atoms with Crippen molar-refractivity contribution < 1.29 is 45.4 Å². The fourth-order valence-corrected chi connectivity index (χ4v) is 8.59. The van der Waals surface area contributed by atoms with Crippen LogP contribution in [0.2, 0.25) is 20.1 Å². The third-order valence-corrected chi connectivity index (χ3v) is 12.3. The molecule has 0 bridgehead atoms. The summed E-state index contributed by atoms with van der Waals surface area (Å²) in [6.07, 6.45) is 2.27.